The SMILES string of the molecule is CC(=O)c1nn(CC(=O)N2[C@H](C(=O)N[C@H](C)c3cccc(Cl)c3F)C[C@@]3(C)C[C@@H]23)c2ccc(-c3cnc(C)nc3)cc12. The molecule has 0 radical (unpaired) electrons. The fourth-order valence-electron chi connectivity index (χ4n) is 6.09. The summed E-state index contributed by atoms with van der Waals surface area (Å²) >= 11 is 5.94. The van der Waals surface area contributed by atoms with Gasteiger partial charge in [0.25, 0.3) is 0 Å². The van der Waals surface area contributed by atoms with Crippen molar-refractivity contribution in [1.29, 1.82) is 0 Å². The highest BCUT2D eigenvalue weighted by Gasteiger charge is 2.64. The quantitative estimate of drug-likeness (QED) is 0.302. The molecule has 0 unspecified atom stereocenters. The van der Waals surface area contributed by atoms with Crippen LogP contribution in [-0.2, 0) is 16.1 Å². The molecule has 0 bridgehead atoms. The fourth-order valence-corrected chi connectivity index (χ4v) is 6.28. The highest BCUT2D eigenvalue weighted by molar-refractivity contribution is 6.30. The van der Waals surface area contributed by atoms with Gasteiger partial charge in [0.2, 0.25) is 11.8 Å². The van der Waals surface area contributed by atoms with Crippen LogP contribution in [0.15, 0.2) is 48.8 Å². The second-order valence-electron chi connectivity index (χ2n) is 11.6. The third-order valence-corrected chi connectivity index (χ3v) is 8.81. The fraction of sp³-hybridized carbons (Fsp3) is 0.355. The molecule has 11 heteroatoms. The number of nitrogens with one attached hydrogen (secondary N) is 1. The summed E-state index contributed by atoms with van der Waals surface area (Å²) in [5.41, 5.74) is 2.65. The summed E-state index contributed by atoms with van der Waals surface area (Å²) in [6, 6.07) is 8.82. The molecule has 216 valence electrons. The normalized spacial score (nSPS) is 21.7. The van der Waals surface area contributed by atoms with Crippen molar-refractivity contribution in [2.24, 2.45) is 5.41 Å². The summed E-state index contributed by atoms with van der Waals surface area (Å²) < 4.78 is 16.1. The third-order valence-electron chi connectivity index (χ3n) is 8.52. The maximum absolute atomic E-state index is 14.6. The van der Waals surface area contributed by atoms with E-state index < -0.39 is 17.9 Å². The van der Waals surface area contributed by atoms with Crippen molar-refractivity contribution in [3.05, 3.63) is 76.7 Å². The van der Waals surface area contributed by atoms with E-state index in [2.05, 4.69) is 27.3 Å². The van der Waals surface area contributed by atoms with Crippen LogP contribution in [0.25, 0.3) is 22.0 Å². The van der Waals surface area contributed by atoms with Gasteiger partial charge in [-0.25, -0.2) is 14.4 Å². The summed E-state index contributed by atoms with van der Waals surface area (Å²) in [4.78, 5) is 50.0. The predicted molar refractivity (Wildman–Crippen MR) is 155 cm³/mol. The molecule has 3 heterocycles. The largest absolute Gasteiger partial charge is 0.348 e. The Morgan fingerprint density at radius 3 is 2.60 bits per heavy atom. The van der Waals surface area contributed by atoms with Gasteiger partial charge < -0.3 is 10.2 Å². The number of Topliss-reactive ketones (excluding diaryl/α,β-unsaturated/α-hetero) is 1. The second-order valence-corrected chi connectivity index (χ2v) is 12.0. The van der Waals surface area contributed by atoms with Crippen LogP contribution >= 0.6 is 11.6 Å². The van der Waals surface area contributed by atoms with E-state index in [4.69, 9.17) is 11.6 Å². The number of ketones is 1. The minimum Gasteiger partial charge on any atom is -0.348 e. The first-order valence-corrected chi connectivity index (χ1v) is 14.2. The number of amides is 2. The van der Waals surface area contributed by atoms with Crippen LogP contribution in [0.5, 0.6) is 0 Å². The van der Waals surface area contributed by atoms with Crippen molar-refractivity contribution in [3.8, 4) is 11.1 Å². The minimum atomic E-state index is -0.701. The number of rotatable bonds is 7. The van der Waals surface area contributed by atoms with E-state index in [1.54, 1.807) is 43.3 Å². The van der Waals surface area contributed by atoms with Gasteiger partial charge in [0, 0.05) is 41.9 Å². The number of aryl methyl sites for hydroxylation is 1. The van der Waals surface area contributed by atoms with Crippen LogP contribution in [0.3, 0.4) is 0 Å². The zero-order valence-electron chi connectivity index (χ0n) is 23.7. The van der Waals surface area contributed by atoms with Crippen molar-refractivity contribution in [3.63, 3.8) is 0 Å². The topological polar surface area (TPSA) is 110 Å². The zero-order chi connectivity index (χ0) is 29.9. The molecule has 4 aromatic rings. The van der Waals surface area contributed by atoms with Gasteiger partial charge in [-0.1, -0.05) is 36.7 Å². The number of benzene rings is 2. The molecule has 0 spiro atoms. The summed E-state index contributed by atoms with van der Waals surface area (Å²) in [6.45, 7) is 6.87. The van der Waals surface area contributed by atoms with E-state index in [1.807, 2.05) is 18.2 Å². The number of likely N-dealkylation sites (tertiary alicyclic amines) is 1. The maximum Gasteiger partial charge on any atom is 0.245 e. The molecule has 2 aromatic carbocycles. The number of aromatic nitrogens is 4. The van der Waals surface area contributed by atoms with Crippen LogP contribution in [0, 0.1) is 18.2 Å². The van der Waals surface area contributed by atoms with Crippen molar-refractivity contribution in [1.82, 2.24) is 30.0 Å². The van der Waals surface area contributed by atoms with Gasteiger partial charge in [-0.3, -0.25) is 19.1 Å². The van der Waals surface area contributed by atoms with E-state index in [-0.39, 0.29) is 51.9 Å². The Bertz CT molecular complexity index is 1760. The summed E-state index contributed by atoms with van der Waals surface area (Å²) in [5, 5.41) is 8.00. The number of fused-ring (bicyclic) bond motifs is 2. The number of carbonyl (C=O) groups excluding carboxylic acids is 3. The van der Waals surface area contributed by atoms with Crippen LogP contribution in [0.2, 0.25) is 5.02 Å². The van der Waals surface area contributed by atoms with Crippen molar-refractivity contribution in [2.45, 2.75) is 65.2 Å². The van der Waals surface area contributed by atoms with E-state index in [0.717, 1.165) is 17.5 Å². The molecule has 42 heavy (non-hydrogen) atoms. The Morgan fingerprint density at radius 2 is 1.88 bits per heavy atom. The zero-order valence-corrected chi connectivity index (χ0v) is 24.4. The molecule has 1 N–H and O–H groups in total. The van der Waals surface area contributed by atoms with E-state index in [9.17, 15) is 18.8 Å². The third kappa shape index (κ3) is 4.83. The van der Waals surface area contributed by atoms with E-state index in [1.165, 1.54) is 17.7 Å². The summed E-state index contributed by atoms with van der Waals surface area (Å²) in [5.74, 6) is -0.755. The number of halogens is 2. The Kier molecular flexibility index (Phi) is 6.84. The molecule has 1 saturated heterocycles. The molecule has 1 aliphatic heterocycles. The highest BCUT2D eigenvalue weighted by Crippen LogP contribution is 2.59. The molecule has 4 atom stereocenters. The molecular weight excluding hydrogens is 559 g/mol. The van der Waals surface area contributed by atoms with E-state index >= 15 is 0 Å². The Hall–Kier alpha value is -4.18. The molecule has 2 fully saturated rings. The molecule has 9 nitrogen and oxygen atoms in total. The van der Waals surface area contributed by atoms with E-state index in [0.29, 0.717) is 23.1 Å². The highest BCUT2D eigenvalue weighted by atomic mass is 35.5. The number of hydrogen-bond donors (Lipinski definition) is 1. The first-order chi connectivity index (χ1) is 20.0. The molecule has 2 amide bonds. The number of carbonyl (C=O) groups is 3. The molecule has 2 aromatic heterocycles. The minimum absolute atomic E-state index is 0.0178. The van der Waals surface area contributed by atoms with Gasteiger partial charge in [-0.05, 0) is 55.9 Å². The second kappa shape index (κ2) is 10.3. The summed E-state index contributed by atoms with van der Waals surface area (Å²) in [6.07, 6.45) is 4.76. The van der Waals surface area contributed by atoms with Crippen LogP contribution in [0.4, 0.5) is 4.39 Å². The Labute approximate surface area is 247 Å². The predicted octanol–water partition coefficient (Wildman–Crippen LogP) is 5.05. The Balaban J connectivity index is 1.26. The molecule has 6 rings (SSSR count). The van der Waals surface area contributed by atoms with Crippen LogP contribution in [-0.4, -0.2) is 54.3 Å². The standard InChI is InChI=1S/C31H30ClFN6O3/c1-16(21-6-5-7-23(32)28(21)33)36-30(42)25-11-31(4)12-26(31)39(25)27(41)15-38-24-9-8-19(20-13-34-18(3)35-14-20)10-22(24)29(37-38)17(2)40/h5-10,13-14,16,25-26H,11-12,15H2,1-4H3,(H,36,42)/t16-,25+,26-,31+/m1/s1. The van der Waals surface area contributed by atoms with Crippen molar-refractivity contribution >= 4 is 40.1 Å². The lowest BCUT2D eigenvalue weighted by molar-refractivity contribution is -0.140. The van der Waals surface area contributed by atoms with Crippen molar-refractivity contribution in [2.75, 3.05) is 0 Å². The van der Waals surface area contributed by atoms with Crippen molar-refractivity contribution < 1.29 is 18.8 Å². The van der Waals surface area contributed by atoms with Gasteiger partial charge in [-0.15, -0.1) is 0 Å². The average Bonchev–Trinajstić information content (AvgIpc) is 3.32. The first-order valence-electron chi connectivity index (χ1n) is 13.8. The van der Waals surface area contributed by atoms with Gasteiger partial charge in [-0.2, -0.15) is 5.10 Å². The van der Waals surface area contributed by atoms with Gasteiger partial charge in [0.05, 0.1) is 16.6 Å². The van der Waals surface area contributed by atoms with Gasteiger partial charge in [0.15, 0.2) is 5.78 Å². The van der Waals surface area contributed by atoms with Crippen LogP contribution < -0.4 is 5.32 Å². The molecule has 2 aliphatic rings. The monoisotopic (exact) mass is 588 g/mol. The number of hydrogen-bond acceptors (Lipinski definition) is 6. The maximum atomic E-state index is 14.6. The molecular formula is C31H30ClFN6O3. The average molecular weight is 589 g/mol. The number of piperidine rings is 1. The summed E-state index contributed by atoms with van der Waals surface area (Å²) in [7, 11) is 0. The lowest BCUT2D eigenvalue weighted by atomic mass is 10.0. The lowest BCUT2D eigenvalue weighted by Gasteiger charge is -2.28. The smallest absolute Gasteiger partial charge is 0.245 e. The van der Waals surface area contributed by atoms with Gasteiger partial charge >= 0.3 is 0 Å². The van der Waals surface area contributed by atoms with Gasteiger partial charge in [0.1, 0.15) is 29.9 Å². The lowest BCUT2D eigenvalue weighted by Crippen LogP contribution is -2.49. The van der Waals surface area contributed by atoms with Crippen LogP contribution in [0.1, 0.15) is 61.5 Å². The Morgan fingerprint density at radius 1 is 1.14 bits per heavy atom. The first kappa shape index (κ1) is 28.0. The molecule has 1 saturated carbocycles. The molecule has 1 aliphatic carbocycles. The number of nitrogens with zero attached hydrogens (tertiary/aromatic N) is 5.